The minimum absolute atomic E-state index is 0.0660. The lowest BCUT2D eigenvalue weighted by molar-refractivity contribution is 0.536. The molecule has 0 N–H and O–H groups in total. The van der Waals surface area contributed by atoms with Gasteiger partial charge in [0, 0.05) is 22.3 Å². The molecule has 0 saturated heterocycles. The van der Waals surface area contributed by atoms with Crippen LogP contribution in [-0.4, -0.2) is 9.97 Å². The van der Waals surface area contributed by atoms with Crippen molar-refractivity contribution in [2.24, 2.45) is 0 Å². The van der Waals surface area contributed by atoms with Gasteiger partial charge < -0.3 is 0 Å². The summed E-state index contributed by atoms with van der Waals surface area (Å²) in [4.78, 5) is 9.07. The maximum absolute atomic E-state index is 6.17. The first-order valence-corrected chi connectivity index (χ1v) is 8.43. The summed E-state index contributed by atoms with van der Waals surface area (Å²) in [7, 11) is 0. The van der Waals surface area contributed by atoms with E-state index in [2.05, 4.69) is 46.7 Å². The van der Waals surface area contributed by atoms with Gasteiger partial charge in [-0.1, -0.05) is 50.6 Å². The van der Waals surface area contributed by atoms with E-state index < -0.39 is 0 Å². The number of nitrogens with zero attached hydrogens (tertiary/aromatic N) is 2. The molecule has 1 aromatic heterocycles. The van der Waals surface area contributed by atoms with Crippen molar-refractivity contribution in [1.82, 2.24) is 9.97 Å². The van der Waals surface area contributed by atoms with Crippen LogP contribution >= 0.6 is 39.3 Å². The Morgan fingerprint density at radius 2 is 1.90 bits per heavy atom. The van der Waals surface area contributed by atoms with Gasteiger partial charge in [0.05, 0.1) is 0 Å². The lowest BCUT2D eigenvalue weighted by Crippen LogP contribution is -2.16. The molecule has 0 unspecified atom stereocenters. The van der Waals surface area contributed by atoms with Gasteiger partial charge in [-0.3, -0.25) is 0 Å². The normalized spacial score (nSPS) is 11.7. The third kappa shape index (κ3) is 4.21. The van der Waals surface area contributed by atoms with Crippen molar-refractivity contribution >= 4 is 39.3 Å². The fourth-order valence-electron chi connectivity index (χ4n) is 1.57. The van der Waals surface area contributed by atoms with Crippen molar-refractivity contribution in [3.05, 3.63) is 51.3 Å². The highest BCUT2D eigenvalue weighted by Gasteiger charge is 2.18. The molecule has 0 aliphatic heterocycles. The van der Waals surface area contributed by atoms with E-state index in [1.807, 2.05) is 30.3 Å². The monoisotopic (exact) mass is 370 g/mol. The molecule has 106 valence electrons. The third-order valence-corrected chi connectivity index (χ3v) is 4.41. The number of benzene rings is 1. The van der Waals surface area contributed by atoms with Crippen molar-refractivity contribution in [1.29, 1.82) is 0 Å². The largest absolute Gasteiger partial charge is 0.226 e. The Kier molecular flexibility index (Phi) is 5.10. The lowest BCUT2D eigenvalue weighted by Gasteiger charge is -2.17. The van der Waals surface area contributed by atoms with Crippen molar-refractivity contribution in [3.8, 4) is 0 Å². The van der Waals surface area contributed by atoms with Crippen LogP contribution < -0.4 is 0 Å². The molecule has 1 heterocycles. The first kappa shape index (κ1) is 15.8. The maximum Gasteiger partial charge on any atom is 0.136 e. The molecule has 0 saturated carbocycles. The van der Waals surface area contributed by atoms with Crippen LogP contribution in [0, 0.1) is 0 Å². The number of hydrogen-bond donors (Lipinski definition) is 0. The molecule has 0 amide bonds. The molecule has 20 heavy (non-hydrogen) atoms. The Hall–Kier alpha value is -0.580. The fraction of sp³-hybridized carbons (Fsp3) is 0.333. The minimum atomic E-state index is -0.0660. The fourth-order valence-corrected chi connectivity index (χ4v) is 3.29. The second-order valence-corrected chi connectivity index (χ2v) is 7.70. The van der Waals surface area contributed by atoms with E-state index in [-0.39, 0.29) is 5.41 Å². The highest BCUT2D eigenvalue weighted by Crippen LogP contribution is 2.29. The molecule has 0 fully saturated rings. The summed E-state index contributed by atoms with van der Waals surface area (Å²) in [6.07, 6.45) is 0. The first-order chi connectivity index (χ1) is 9.36. The van der Waals surface area contributed by atoms with Crippen LogP contribution in [0.2, 0.25) is 5.02 Å². The summed E-state index contributed by atoms with van der Waals surface area (Å²) >= 11 is 11.3. The van der Waals surface area contributed by atoms with Crippen molar-refractivity contribution in [2.45, 2.75) is 37.0 Å². The molecular weight excluding hydrogens is 356 g/mol. The smallest absolute Gasteiger partial charge is 0.136 e. The summed E-state index contributed by atoms with van der Waals surface area (Å²) in [6.45, 7) is 6.33. The predicted molar refractivity (Wildman–Crippen MR) is 89.4 cm³/mol. The Bertz CT molecular complexity index is 611. The Balaban J connectivity index is 2.18. The molecule has 5 heteroatoms. The molecule has 2 nitrogen and oxygen atoms in total. The zero-order valence-electron chi connectivity index (χ0n) is 11.7. The average Bonchev–Trinajstić information content (AvgIpc) is 2.36. The van der Waals surface area contributed by atoms with Crippen LogP contribution in [0.5, 0.6) is 0 Å². The van der Waals surface area contributed by atoms with Gasteiger partial charge in [-0.05, 0) is 27.6 Å². The van der Waals surface area contributed by atoms with E-state index in [1.54, 1.807) is 11.8 Å². The van der Waals surface area contributed by atoms with Crippen molar-refractivity contribution in [3.63, 3.8) is 0 Å². The molecule has 0 aliphatic rings. The van der Waals surface area contributed by atoms with E-state index in [9.17, 15) is 0 Å². The molecule has 2 rings (SSSR count). The molecule has 0 spiro atoms. The second-order valence-electron chi connectivity index (χ2n) is 5.48. The predicted octanol–water partition coefficient (Wildman–Crippen LogP) is 5.48. The molecule has 2 aromatic rings. The zero-order valence-corrected chi connectivity index (χ0v) is 14.8. The minimum Gasteiger partial charge on any atom is -0.226 e. The van der Waals surface area contributed by atoms with Crippen LogP contribution in [0.1, 0.15) is 32.2 Å². The van der Waals surface area contributed by atoms with E-state index in [1.165, 1.54) is 0 Å². The molecule has 1 aromatic carbocycles. The topological polar surface area (TPSA) is 25.8 Å². The van der Waals surface area contributed by atoms with Crippen LogP contribution in [0.25, 0.3) is 0 Å². The highest BCUT2D eigenvalue weighted by molar-refractivity contribution is 9.10. The first-order valence-electron chi connectivity index (χ1n) is 6.27. The third-order valence-electron chi connectivity index (χ3n) is 2.68. The number of hydrogen-bond acceptors (Lipinski definition) is 3. The van der Waals surface area contributed by atoms with E-state index >= 15 is 0 Å². The van der Waals surface area contributed by atoms with Crippen LogP contribution in [0.15, 0.2) is 40.0 Å². The van der Waals surface area contributed by atoms with E-state index in [4.69, 9.17) is 11.6 Å². The van der Waals surface area contributed by atoms with Gasteiger partial charge in [-0.15, -0.1) is 11.8 Å². The quantitative estimate of drug-likeness (QED) is 0.527. The number of halogens is 2. The van der Waals surface area contributed by atoms with Gasteiger partial charge in [-0.2, -0.15) is 0 Å². The molecule has 0 aliphatic carbocycles. The van der Waals surface area contributed by atoms with Crippen molar-refractivity contribution < 1.29 is 0 Å². The van der Waals surface area contributed by atoms with Gasteiger partial charge in [0.25, 0.3) is 0 Å². The van der Waals surface area contributed by atoms with Crippen LogP contribution in [-0.2, 0) is 11.2 Å². The Morgan fingerprint density at radius 3 is 2.55 bits per heavy atom. The summed E-state index contributed by atoms with van der Waals surface area (Å²) in [5.74, 6) is 1.64. The summed E-state index contributed by atoms with van der Waals surface area (Å²) in [5, 5.41) is 1.75. The summed E-state index contributed by atoms with van der Waals surface area (Å²) < 4.78 is 0.819. The SMILES string of the molecule is CC(C)(C)c1nc(Br)cc(SCc2ccccc2Cl)n1. The number of rotatable bonds is 3. The highest BCUT2D eigenvalue weighted by atomic mass is 79.9. The molecule has 0 radical (unpaired) electrons. The maximum atomic E-state index is 6.17. The van der Waals surface area contributed by atoms with Gasteiger partial charge in [-0.25, -0.2) is 9.97 Å². The van der Waals surface area contributed by atoms with Gasteiger partial charge >= 0.3 is 0 Å². The molecule has 0 bridgehead atoms. The Labute approximate surface area is 137 Å². The lowest BCUT2D eigenvalue weighted by atomic mass is 9.96. The molecule has 0 atom stereocenters. The zero-order chi connectivity index (χ0) is 14.8. The number of thioether (sulfide) groups is 1. The summed E-state index contributed by atoms with van der Waals surface area (Å²) in [6, 6.07) is 9.83. The second kappa shape index (κ2) is 6.46. The van der Waals surface area contributed by atoms with Gasteiger partial charge in [0.2, 0.25) is 0 Å². The summed E-state index contributed by atoms with van der Waals surface area (Å²) in [5.41, 5.74) is 1.05. The van der Waals surface area contributed by atoms with E-state index in [0.717, 1.165) is 31.8 Å². The average molecular weight is 372 g/mol. The van der Waals surface area contributed by atoms with Gasteiger partial charge in [0.1, 0.15) is 15.5 Å². The standard InChI is InChI=1S/C15H16BrClN2S/c1-15(2,3)14-18-12(16)8-13(19-14)20-9-10-6-4-5-7-11(10)17/h4-8H,9H2,1-3H3. The van der Waals surface area contributed by atoms with Crippen LogP contribution in [0.3, 0.4) is 0 Å². The molecular formula is C15H16BrClN2S. The van der Waals surface area contributed by atoms with E-state index in [0.29, 0.717) is 0 Å². The number of aromatic nitrogens is 2. The van der Waals surface area contributed by atoms with Gasteiger partial charge in [0.15, 0.2) is 0 Å². The van der Waals surface area contributed by atoms with Crippen LogP contribution in [0.4, 0.5) is 0 Å². The Morgan fingerprint density at radius 1 is 1.20 bits per heavy atom. The van der Waals surface area contributed by atoms with Crippen molar-refractivity contribution in [2.75, 3.05) is 0 Å².